The second kappa shape index (κ2) is 5.04. The molecule has 1 saturated carbocycles. The summed E-state index contributed by atoms with van der Waals surface area (Å²) in [5, 5.41) is 0. The Morgan fingerprint density at radius 3 is 2.40 bits per heavy atom. The Morgan fingerprint density at radius 1 is 1.08 bits per heavy atom. The Kier molecular flexibility index (Phi) is 3.00. The Labute approximate surface area is 146 Å². The van der Waals surface area contributed by atoms with Crippen LogP contribution in [0.1, 0.15) is 18.9 Å². The van der Waals surface area contributed by atoms with Crippen LogP contribution in [0.4, 0.5) is 5.69 Å². The highest BCUT2D eigenvalue weighted by molar-refractivity contribution is 6.10. The van der Waals surface area contributed by atoms with Crippen LogP contribution < -0.4 is 4.90 Å². The predicted molar refractivity (Wildman–Crippen MR) is 91.5 cm³/mol. The van der Waals surface area contributed by atoms with Crippen molar-refractivity contribution in [1.29, 1.82) is 0 Å². The van der Waals surface area contributed by atoms with Gasteiger partial charge in [0.05, 0.1) is 11.8 Å². The molecule has 3 amide bonds. The minimum Gasteiger partial charge on any atom is -0.307 e. The lowest BCUT2D eigenvalue weighted by atomic mass is 9.85. The van der Waals surface area contributed by atoms with Gasteiger partial charge in [-0.1, -0.05) is 30.4 Å². The number of rotatable bonds is 2. The number of allylic oxidation sites excluding steroid dienone is 2. The fraction of sp³-hybridized carbons (Fsp3) is 0.450. The van der Waals surface area contributed by atoms with Gasteiger partial charge in [-0.15, -0.1) is 0 Å². The van der Waals surface area contributed by atoms with Crippen molar-refractivity contribution in [2.24, 2.45) is 23.7 Å². The van der Waals surface area contributed by atoms with Gasteiger partial charge >= 0.3 is 0 Å². The first-order valence-electron chi connectivity index (χ1n) is 9.00. The monoisotopic (exact) mass is 336 g/mol. The van der Waals surface area contributed by atoms with Crippen LogP contribution in [-0.4, -0.2) is 35.2 Å². The maximum Gasteiger partial charge on any atom is 0.247 e. The van der Waals surface area contributed by atoms with Gasteiger partial charge in [-0.25, -0.2) is 0 Å². The minimum absolute atomic E-state index is 0.0510. The maximum absolute atomic E-state index is 12.9. The van der Waals surface area contributed by atoms with Crippen LogP contribution in [0.5, 0.6) is 0 Å². The van der Waals surface area contributed by atoms with Crippen LogP contribution in [0.15, 0.2) is 36.4 Å². The first-order chi connectivity index (χ1) is 12.1. The highest BCUT2D eigenvalue weighted by atomic mass is 16.2. The summed E-state index contributed by atoms with van der Waals surface area (Å²) >= 11 is 0. The van der Waals surface area contributed by atoms with Crippen molar-refractivity contribution in [1.82, 2.24) is 4.90 Å². The van der Waals surface area contributed by atoms with E-state index < -0.39 is 0 Å². The van der Waals surface area contributed by atoms with E-state index in [9.17, 15) is 14.4 Å². The average Bonchev–Trinajstić information content (AvgIpc) is 3.32. The van der Waals surface area contributed by atoms with E-state index in [4.69, 9.17) is 0 Å². The van der Waals surface area contributed by atoms with Crippen molar-refractivity contribution in [3.63, 3.8) is 0 Å². The third kappa shape index (κ3) is 1.92. The van der Waals surface area contributed by atoms with E-state index in [0.29, 0.717) is 0 Å². The van der Waals surface area contributed by atoms with Crippen molar-refractivity contribution in [3.8, 4) is 0 Å². The van der Waals surface area contributed by atoms with E-state index in [-0.39, 0.29) is 54.0 Å². The summed E-state index contributed by atoms with van der Waals surface area (Å²) in [6.45, 7) is 1.87. The standard InChI is InChI=1S/C20H20N2O3/c1-11-8-12-4-2-3-5-15(12)22(11)16(23)10-21-19(24)17-13-6-7-14(9-13)18(17)20(21)25/h2-7,11,13-14,17-18H,8-10H2,1H3. The van der Waals surface area contributed by atoms with Gasteiger partial charge < -0.3 is 4.90 Å². The Bertz CT molecular complexity index is 800. The van der Waals surface area contributed by atoms with E-state index in [1.54, 1.807) is 4.90 Å². The van der Waals surface area contributed by atoms with Crippen molar-refractivity contribution in [3.05, 3.63) is 42.0 Å². The fourth-order valence-electron chi connectivity index (χ4n) is 5.28. The molecule has 2 fully saturated rings. The lowest BCUT2D eigenvalue weighted by Gasteiger charge is -2.25. The molecule has 25 heavy (non-hydrogen) atoms. The number of amides is 3. The second-order valence-electron chi connectivity index (χ2n) is 7.71. The van der Waals surface area contributed by atoms with Gasteiger partial charge in [0.2, 0.25) is 17.7 Å². The molecular weight excluding hydrogens is 316 g/mol. The lowest BCUT2D eigenvalue weighted by Crippen LogP contribution is -2.45. The molecule has 2 heterocycles. The summed E-state index contributed by atoms with van der Waals surface area (Å²) in [5.41, 5.74) is 2.04. The summed E-state index contributed by atoms with van der Waals surface area (Å²) in [7, 11) is 0. The van der Waals surface area contributed by atoms with Gasteiger partial charge in [0.1, 0.15) is 6.54 Å². The number of nitrogens with zero attached hydrogens (tertiary/aromatic N) is 2. The van der Waals surface area contributed by atoms with Crippen LogP contribution in [0.2, 0.25) is 0 Å². The molecule has 0 aromatic heterocycles. The number of likely N-dealkylation sites (tertiary alicyclic amines) is 1. The quantitative estimate of drug-likeness (QED) is 0.611. The molecule has 128 valence electrons. The van der Waals surface area contributed by atoms with Gasteiger partial charge in [0.25, 0.3) is 0 Å². The molecule has 5 unspecified atom stereocenters. The molecule has 5 rings (SSSR count). The molecule has 2 aliphatic heterocycles. The molecule has 4 aliphatic rings. The van der Waals surface area contributed by atoms with Gasteiger partial charge in [-0.3, -0.25) is 19.3 Å². The van der Waals surface area contributed by atoms with E-state index in [1.807, 2.05) is 31.2 Å². The summed E-state index contributed by atoms with van der Waals surface area (Å²) in [6, 6.07) is 7.89. The normalized spacial score (nSPS) is 34.8. The van der Waals surface area contributed by atoms with Crippen LogP contribution >= 0.6 is 0 Å². The van der Waals surface area contributed by atoms with Crippen molar-refractivity contribution in [2.45, 2.75) is 25.8 Å². The molecule has 0 radical (unpaired) electrons. The number of para-hydroxylation sites is 1. The Balaban J connectivity index is 1.39. The Hall–Kier alpha value is -2.43. The van der Waals surface area contributed by atoms with Gasteiger partial charge in [0.15, 0.2) is 0 Å². The summed E-state index contributed by atoms with van der Waals surface area (Å²) in [6.07, 6.45) is 5.86. The fourth-order valence-corrected chi connectivity index (χ4v) is 5.28. The van der Waals surface area contributed by atoms with E-state index in [0.717, 1.165) is 24.1 Å². The molecule has 1 aromatic carbocycles. The van der Waals surface area contributed by atoms with Gasteiger partial charge in [-0.05, 0) is 43.2 Å². The predicted octanol–water partition coefficient (Wildman–Crippen LogP) is 1.77. The lowest BCUT2D eigenvalue weighted by molar-refractivity contribution is -0.143. The molecule has 5 atom stereocenters. The Morgan fingerprint density at radius 2 is 1.72 bits per heavy atom. The number of anilines is 1. The topological polar surface area (TPSA) is 57.7 Å². The van der Waals surface area contributed by atoms with Crippen LogP contribution in [-0.2, 0) is 20.8 Å². The SMILES string of the molecule is CC1Cc2ccccc2N1C(=O)CN1C(=O)C2C3C=CC(C3)C2C1=O. The van der Waals surface area contributed by atoms with Crippen LogP contribution in [0.25, 0.3) is 0 Å². The third-order valence-corrected chi connectivity index (χ3v) is 6.33. The first kappa shape index (κ1) is 14.9. The number of fused-ring (bicyclic) bond motifs is 6. The van der Waals surface area contributed by atoms with Gasteiger partial charge in [-0.2, -0.15) is 0 Å². The highest BCUT2D eigenvalue weighted by Gasteiger charge is 2.59. The zero-order chi connectivity index (χ0) is 17.3. The van der Waals surface area contributed by atoms with Gasteiger partial charge in [0, 0.05) is 11.7 Å². The smallest absolute Gasteiger partial charge is 0.247 e. The molecule has 2 aliphatic carbocycles. The van der Waals surface area contributed by atoms with Crippen molar-refractivity contribution < 1.29 is 14.4 Å². The minimum atomic E-state index is -0.237. The molecule has 0 N–H and O–H groups in total. The van der Waals surface area contributed by atoms with E-state index in [1.165, 1.54) is 4.90 Å². The number of hydrogen-bond acceptors (Lipinski definition) is 3. The number of imide groups is 1. The molecule has 0 spiro atoms. The molecule has 2 bridgehead atoms. The second-order valence-corrected chi connectivity index (χ2v) is 7.71. The summed E-state index contributed by atoms with van der Waals surface area (Å²) < 4.78 is 0. The van der Waals surface area contributed by atoms with E-state index in [2.05, 4.69) is 12.2 Å². The largest absolute Gasteiger partial charge is 0.307 e. The first-order valence-corrected chi connectivity index (χ1v) is 9.00. The number of hydrogen-bond donors (Lipinski definition) is 0. The van der Waals surface area contributed by atoms with Crippen molar-refractivity contribution in [2.75, 3.05) is 11.4 Å². The number of carbonyl (C=O) groups excluding carboxylic acids is 3. The number of benzene rings is 1. The van der Waals surface area contributed by atoms with Crippen LogP contribution in [0, 0.1) is 23.7 Å². The molecule has 1 saturated heterocycles. The summed E-state index contributed by atoms with van der Waals surface area (Å²) in [4.78, 5) is 41.4. The molecule has 5 heteroatoms. The number of carbonyl (C=O) groups is 3. The third-order valence-electron chi connectivity index (χ3n) is 6.33. The zero-order valence-corrected chi connectivity index (χ0v) is 14.1. The molecule has 1 aromatic rings. The van der Waals surface area contributed by atoms with Crippen LogP contribution in [0.3, 0.4) is 0 Å². The average molecular weight is 336 g/mol. The summed E-state index contributed by atoms with van der Waals surface area (Å²) in [5.74, 6) is -0.590. The van der Waals surface area contributed by atoms with Crippen molar-refractivity contribution >= 4 is 23.4 Å². The molecular formula is C20H20N2O3. The van der Waals surface area contributed by atoms with E-state index >= 15 is 0 Å². The maximum atomic E-state index is 12.9. The zero-order valence-electron chi connectivity index (χ0n) is 14.1. The molecule has 5 nitrogen and oxygen atoms in total. The highest BCUT2D eigenvalue weighted by Crippen LogP contribution is 2.52.